The normalized spacial score (nSPS) is 10.7. The summed E-state index contributed by atoms with van der Waals surface area (Å²) in [5, 5.41) is 3.40. The lowest BCUT2D eigenvalue weighted by molar-refractivity contribution is 0.102. The van der Waals surface area contributed by atoms with Crippen molar-refractivity contribution in [2.75, 3.05) is 5.32 Å². The van der Waals surface area contributed by atoms with Crippen LogP contribution in [0.3, 0.4) is 0 Å². The number of fused-ring (bicyclic) bond motifs is 1. The molecular weight excluding hydrogens is 356 g/mol. The molecular formula is C14H9BrN2OS2. The molecule has 6 heteroatoms. The molecule has 0 unspecified atom stereocenters. The van der Waals surface area contributed by atoms with E-state index in [1.165, 1.54) is 11.3 Å². The van der Waals surface area contributed by atoms with Gasteiger partial charge in [-0.15, -0.1) is 12.6 Å². The summed E-state index contributed by atoms with van der Waals surface area (Å²) in [5.41, 5.74) is 1.41. The molecule has 0 atom stereocenters. The zero-order valence-corrected chi connectivity index (χ0v) is 13.4. The van der Waals surface area contributed by atoms with E-state index in [2.05, 4.69) is 38.9 Å². The van der Waals surface area contributed by atoms with Gasteiger partial charge in [-0.05, 0) is 30.3 Å². The van der Waals surface area contributed by atoms with Crippen molar-refractivity contribution in [2.24, 2.45) is 0 Å². The molecule has 0 aliphatic rings. The first kappa shape index (κ1) is 13.6. The molecule has 1 aromatic heterocycles. The molecule has 3 nitrogen and oxygen atoms in total. The number of benzene rings is 2. The molecule has 100 valence electrons. The number of thiol groups is 1. The van der Waals surface area contributed by atoms with Crippen LogP contribution in [-0.4, -0.2) is 10.9 Å². The van der Waals surface area contributed by atoms with Gasteiger partial charge in [-0.3, -0.25) is 10.1 Å². The van der Waals surface area contributed by atoms with Gasteiger partial charge in [0.25, 0.3) is 5.91 Å². The Bertz CT molecular complexity index is 768. The minimum atomic E-state index is -0.207. The molecule has 1 amide bonds. The molecule has 0 saturated heterocycles. The number of para-hydroxylation sites is 1. The predicted octanol–water partition coefficient (Wildman–Crippen LogP) is 4.60. The van der Waals surface area contributed by atoms with Gasteiger partial charge in [0.05, 0.1) is 15.8 Å². The molecule has 0 bridgehead atoms. The average Bonchev–Trinajstić information content (AvgIpc) is 2.80. The highest BCUT2D eigenvalue weighted by atomic mass is 79.9. The number of carbonyl (C=O) groups is 1. The molecule has 2 aromatic carbocycles. The number of carbonyl (C=O) groups excluding carboxylic acids is 1. The van der Waals surface area contributed by atoms with Crippen molar-refractivity contribution in [2.45, 2.75) is 4.90 Å². The molecule has 3 rings (SSSR count). The van der Waals surface area contributed by atoms with E-state index >= 15 is 0 Å². The summed E-state index contributed by atoms with van der Waals surface area (Å²) in [5.74, 6) is -0.207. The third-order valence-corrected chi connectivity index (χ3v) is 4.53. The first-order chi connectivity index (χ1) is 9.63. The van der Waals surface area contributed by atoms with E-state index in [1.807, 2.05) is 30.3 Å². The van der Waals surface area contributed by atoms with Crippen LogP contribution in [-0.2, 0) is 0 Å². The number of hydrogen-bond acceptors (Lipinski definition) is 4. The van der Waals surface area contributed by atoms with Gasteiger partial charge < -0.3 is 0 Å². The van der Waals surface area contributed by atoms with Crippen LogP contribution in [0.2, 0.25) is 0 Å². The number of nitrogens with zero attached hydrogens (tertiary/aromatic N) is 1. The number of halogens is 1. The topological polar surface area (TPSA) is 42.0 Å². The quantitative estimate of drug-likeness (QED) is 0.652. The lowest BCUT2D eigenvalue weighted by Gasteiger charge is -2.04. The molecule has 1 heterocycles. The maximum atomic E-state index is 12.2. The Labute approximate surface area is 133 Å². The molecule has 0 fully saturated rings. The van der Waals surface area contributed by atoms with Crippen LogP contribution in [0.5, 0.6) is 0 Å². The van der Waals surface area contributed by atoms with E-state index < -0.39 is 0 Å². The molecule has 1 N–H and O–H groups in total. The number of thiazole rings is 1. The summed E-state index contributed by atoms with van der Waals surface area (Å²) in [7, 11) is 0. The Balaban J connectivity index is 1.88. The minimum Gasteiger partial charge on any atom is -0.298 e. The van der Waals surface area contributed by atoms with Crippen molar-refractivity contribution in [1.29, 1.82) is 0 Å². The summed E-state index contributed by atoms with van der Waals surface area (Å²) in [6.07, 6.45) is 0. The van der Waals surface area contributed by atoms with Crippen molar-refractivity contribution < 1.29 is 4.79 Å². The molecule has 20 heavy (non-hydrogen) atoms. The average molecular weight is 365 g/mol. The van der Waals surface area contributed by atoms with E-state index in [0.29, 0.717) is 15.6 Å². The van der Waals surface area contributed by atoms with Gasteiger partial charge in [0.2, 0.25) is 0 Å². The SMILES string of the molecule is O=C(Nc1nc2ccccc2s1)c1ccc(Br)cc1S. The van der Waals surface area contributed by atoms with Gasteiger partial charge in [0.1, 0.15) is 0 Å². The van der Waals surface area contributed by atoms with Crippen LogP contribution >= 0.6 is 39.9 Å². The summed E-state index contributed by atoms with van der Waals surface area (Å²) >= 11 is 9.11. The monoisotopic (exact) mass is 364 g/mol. The highest BCUT2D eigenvalue weighted by molar-refractivity contribution is 9.10. The zero-order valence-electron chi connectivity index (χ0n) is 10.1. The van der Waals surface area contributed by atoms with Crippen molar-refractivity contribution in [3.8, 4) is 0 Å². The summed E-state index contributed by atoms with van der Waals surface area (Å²) in [6.45, 7) is 0. The van der Waals surface area contributed by atoms with Gasteiger partial charge in [-0.1, -0.05) is 39.4 Å². The highest BCUT2D eigenvalue weighted by Crippen LogP contribution is 2.27. The van der Waals surface area contributed by atoms with Crippen LogP contribution in [0.15, 0.2) is 51.8 Å². The number of aromatic nitrogens is 1. The Kier molecular flexibility index (Phi) is 3.78. The summed E-state index contributed by atoms with van der Waals surface area (Å²) < 4.78 is 1.93. The van der Waals surface area contributed by atoms with E-state index in [-0.39, 0.29) is 5.91 Å². The Hall–Kier alpha value is -1.37. The Morgan fingerprint density at radius 3 is 2.80 bits per heavy atom. The molecule has 0 aliphatic heterocycles. The molecule has 0 aliphatic carbocycles. The number of amides is 1. The second-order valence-corrected chi connectivity index (χ2v) is 6.53. The van der Waals surface area contributed by atoms with Crippen LogP contribution in [0, 0.1) is 0 Å². The van der Waals surface area contributed by atoms with Crippen LogP contribution in [0.25, 0.3) is 10.2 Å². The Morgan fingerprint density at radius 1 is 1.25 bits per heavy atom. The molecule has 3 aromatic rings. The number of anilines is 1. The fraction of sp³-hybridized carbons (Fsp3) is 0. The number of rotatable bonds is 2. The second kappa shape index (κ2) is 5.55. The summed E-state index contributed by atoms with van der Waals surface area (Å²) in [4.78, 5) is 17.2. The molecule has 0 radical (unpaired) electrons. The standard InChI is InChI=1S/C14H9BrN2OS2/c15-8-5-6-9(11(19)7-8)13(18)17-14-16-10-3-1-2-4-12(10)20-14/h1-7,19H,(H,16,17,18). The maximum Gasteiger partial charge on any atom is 0.258 e. The third kappa shape index (κ3) is 2.72. The van der Waals surface area contributed by atoms with E-state index in [0.717, 1.165) is 14.7 Å². The van der Waals surface area contributed by atoms with Crippen molar-refractivity contribution in [3.63, 3.8) is 0 Å². The van der Waals surface area contributed by atoms with E-state index in [1.54, 1.807) is 12.1 Å². The molecule has 0 spiro atoms. The number of hydrogen-bond donors (Lipinski definition) is 2. The fourth-order valence-corrected chi connectivity index (χ4v) is 3.50. The first-order valence-corrected chi connectivity index (χ1v) is 7.84. The lowest BCUT2D eigenvalue weighted by Crippen LogP contribution is -2.12. The van der Waals surface area contributed by atoms with Crippen molar-refractivity contribution in [1.82, 2.24) is 4.98 Å². The Morgan fingerprint density at radius 2 is 2.05 bits per heavy atom. The van der Waals surface area contributed by atoms with Crippen LogP contribution in [0.4, 0.5) is 5.13 Å². The third-order valence-electron chi connectivity index (χ3n) is 2.72. The smallest absolute Gasteiger partial charge is 0.258 e. The zero-order chi connectivity index (χ0) is 14.1. The first-order valence-electron chi connectivity index (χ1n) is 5.79. The largest absolute Gasteiger partial charge is 0.298 e. The predicted molar refractivity (Wildman–Crippen MR) is 89.0 cm³/mol. The van der Waals surface area contributed by atoms with Crippen molar-refractivity contribution >= 4 is 61.2 Å². The maximum absolute atomic E-state index is 12.2. The van der Waals surface area contributed by atoms with Gasteiger partial charge >= 0.3 is 0 Å². The van der Waals surface area contributed by atoms with Gasteiger partial charge in [-0.2, -0.15) is 0 Å². The fourth-order valence-electron chi connectivity index (χ4n) is 1.79. The van der Waals surface area contributed by atoms with Crippen LogP contribution < -0.4 is 5.32 Å². The summed E-state index contributed by atoms with van der Waals surface area (Å²) in [6, 6.07) is 13.1. The lowest BCUT2D eigenvalue weighted by atomic mass is 10.2. The van der Waals surface area contributed by atoms with E-state index in [4.69, 9.17) is 0 Å². The molecule has 0 saturated carbocycles. The van der Waals surface area contributed by atoms with Gasteiger partial charge in [0.15, 0.2) is 5.13 Å². The highest BCUT2D eigenvalue weighted by Gasteiger charge is 2.12. The number of nitrogens with one attached hydrogen (secondary N) is 1. The van der Waals surface area contributed by atoms with Gasteiger partial charge in [-0.25, -0.2) is 4.98 Å². The van der Waals surface area contributed by atoms with Crippen LogP contribution in [0.1, 0.15) is 10.4 Å². The minimum absolute atomic E-state index is 0.207. The second-order valence-electron chi connectivity index (χ2n) is 4.10. The van der Waals surface area contributed by atoms with Gasteiger partial charge in [0, 0.05) is 9.37 Å². The van der Waals surface area contributed by atoms with Crippen molar-refractivity contribution in [3.05, 3.63) is 52.5 Å². The van der Waals surface area contributed by atoms with E-state index in [9.17, 15) is 4.79 Å².